The predicted octanol–water partition coefficient (Wildman–Crippen LogP) is 6.30. The lowest BCUT2D eigenvalue weighted by Crippen LogP contribution is -2.37. The number of carbonyl (C=O) groups excluding carboxylic acids is 2. The fourth-order valence-corrected chi connectivity index (χ4v) is 5.06. The second-order valence-electron chi connectivity index (χ2n) is 8.33. The smallest absolute Gasteiger partial charge is 0.266 e. The van der Waals surface area contributed by atoms with E-state index in [0.29, 0.717) is 38.5 Å². The second-order valence-corrected chi connectivity index (χ2v) is 9.18. The molecule has 2 aliphatic rings. The molecule has 0 radical (unpaired) electrons. The fourth-order valence-electron chi connectivity index (χ4n) is 4.68. The number of hydrogen-bond donors (Lipinski definition) is 0. The number of anilines is 2. The highest BCUT2D eigenvalue weighted by Crippen LogP contribution is 2.48. The van der Waals surface area contributed by atoms with E-state index in [4.69, 9.17) is 32.5 Å². The molecule has 6 nitrogen and oxygen atoms in total. The Labute approximate surface area is 211 Å². The van der Waals surface area contributed by atoms with Crippen molar-refractivity contribution in [3.05, 3.63) is 107 Å². The molecular weight excluding hydrogens is 487 g/mol. The van der Waals surface area contributed by atoms with Crippen LogP contribution < -0.4 is 9.96 Å². The van der Waals surface area contributed by atoms with E-state index in [1.54, 1.807) is 59.7 Å². The van der Waals surface area contributed by atoms with E-state index in [1.807, 2.05) is 36.4 Å². The number of fused-ring (bicyclic) bond motifs is 1. The minimum absolute atomic E-state index is 0.339. The second kappa shape index (κ2) is 8.57. The van der Waals surface area contributed by atoms with Crippen LogP contribution in [0.1, 0.15) is 11.8 Å². The lowest BCUT2D eigenvalue weighted by Gasteiger charge is -2.27. The van der Waals surface area contributed by atoms with Crippen LogP contribution in [0.5, 0.6) is 0 Å². The molecule has 6 rings (SSSR count). The first-order valence-corrected chi connectivity index (χ1v) is 11.8. The SMILES string of the molecule is O=C1[C@@H]2[C@@H](ON(c3ccccc3)[C@H]2c2ccc(-c3cc(Cl)ccc3Cl)o2)C(=O)N1c1ccccc1. The molecule has 4 aromatic rings. The van der Waals surface area contributed by atoms with Gasteiger partial charge in [-0.15, -0.1) is 0 Å². The van der Waals surface area contributed by atoms with Gasteiger partial charge in [-0.2, -0.15) is 0 Å². The van der Waals surface area contributed by atoms with Crippen LogP contribution in [0.2, 0.25) is 10.0 Å². The number of para-hydroxylation sites is 2. The maximum absolute atomic E-state index is 13.7. The Morgan fingerprint density at radius 2 is 1.43 bits per heavy atom. The van der Waals surface area contributed by atoms with Crippen molar-refractivity contribution in [1.82, 2.24) is 0 Å². The van der Waals surface area contributed by atoms with Crippen molar-refractivity contribution in [2.45, 2.75) is 12.1 Å². The van der Waals surface area contributed by atoms with Gasteiger partial charge in [-0.05, 0) is 54.6 Å². The number of amides is 2. The summed E-state index contributed by atoms with van der Waals surface area (Å²) in [5.74, 6) is -0.562. The Balaban J connectivity index is 1.44. The van der Waals surface area contributed by atoms with Gasteiger partial charge >= 0.3 is 0 Å². The number of hydroxylamine groups is 1. The highest BCUT2D eigenvalue weighted by Gasteiger charge is 2.61. The molecule has 0 aliphatic carbocycles. The van der Waals surface area contributed by atoms with Gasteiger partial charge in [0, 0.05) is 10.6 Å². The summed E-state index contributed by atoms with van der Waals surface area (Å²) in [6, 6.07) is 26.2. The van der Waals surface area contributed by atoms with E-state index in [9.17, 15) is 9.59 Å². The first-order chi connectivity index (χ1) is 17.0. The summed E-state index contributed by atoms with van der Waals surface area (Å²) in [5, 5.41) is 2.60. The Kier molecular flexibility index (Phi) is 5.37. The van der Waals surface area contributed by atoms with Gasteiger partial charge in [0.1, 0.15) is 23.5 Å². The van der Waals surface area contributed by atoms with Crippen molar-refractivity contribution in [2.24, 2.45) is 5.92 Å². The number of rotatable bonds is 4. The van der Waals surface area contributed by atoms with Crippen LogP contribution >= 0.6 is 23.2 Å². The van der Waals surface area contributed by atoms with Gasteiger partial charge in [0.05, 0.1) is 16.4 Å². The Bertz CT molecular complexity index is 1420. The van der Waals surface area contributed by atoms with Crippen LogP contribution in [-0.4, -0.2) is 17.9 Å². The molecule has 0 saturated carbocycles. The molecule has 3 heterocycles. The molecule has 2 aliphatic heterocycles. The molecule has 2 amide bonds. The van der Waals surface area contributed by atoms with Crippen LogP contribution in [0, 0.1) is 5.92 Å². The van der Waals surface area contributed by atoms with Crippen LogP contribution in [0.25, 0.3) is 11.3 Å². The molecule has 3 atom stereocenters. The number of halogens is 2. The van der Waals surface area contributed by atoms with E-state index >= 15 is 0 Å². The molecule has 2 saturated heterocycles. The Hall–Kier alpha value is -3.58. The van der Waals surface area contributed by atoms with Crippen LogP contribution in [-0.2, 0) is 14.4 Å². The van der Waals surface area contributed by atoms with Gasteiger partial charge in [-0.25, -0.2) is 9.96 Å². The molecular formula is C27H18Cl2N2O4. The Morgan fingerprint density at radius 1 is 0.743 bits per heavy atom. The van der Waals surface area contributed by atoms with Crippen molar-refractivity contribution < 1.29 is 18.8 Å². The van der Waals surface area contributed by atoms with E-state index in [1.165, 1.54) is 4.90 Å². The topological polar surface area (TPSA) is 63.0 Å². The third kappa shape index (κ3) is 3.62. The van der Waals surface area contributed by atoms with Crippen molar-refractivity contribution in [3.8, 4) is 11.3 Å². The van der Waals surface area contributed by atoms with Crippen molar-refractivity contribution in [3.63, 3.8) is 0 Å². The van der Waals surface area contributed by atoms with Crippen molar-refractivity contribution >= 4 is 46.4 Å². The van der Waals surface area contributed by atoms with E-state index in [2.05, 4.69) is 0 Å². The van der Waals surface area contributed by atoms with Gasteiger partial charge < -0.3 is 4.42 Å². The van der Waals surface area contributed by atoms with Gasteiger partial charge in [-0.1, -0.05) is 59.6 Å². The molecule has 0 unspecified atom stereocenters. The number of imide groups is 1. The van der Waals surface area contributed by atoms with E-state index in [0.717, 1.165) is 0 Å². The minimum atomic E-state index is -0.976. The Morgan fingerprint density at radius 3 is 2.14 bits per heavy atom. The molecule has 0 bridgehead atoms. The maximum atomic E-state index is 13.7. The molecule has 1 aromatic heterocycles. The largest absolute Gasteiger partial charge is 0.459 e. The lowest BCUT2D eigenvalue weighted by molar-refractivity contribution is -0.126. The van der Waals surface area contributed by atoms with Gasteiger partial charge in [0.15, 0.2) is 6.10 Å². The first-order valence-electron chi connectivity index (χ1n) is 11.0. The standard InChI is InChI=1S/C27H18Cl2N2O4/c28-16-11-12-20(29)19(15-16)21-13-14-22(34-21)24-23-25(35-31(24)18-9-5-2-6-10-18)27(33)30(26(23)32)17-7-3-1-4-8-17/h1-15,23-25H/t23-,24-,25+/m0/s1. The summed E-state index contributed by atoms with van der Waals surface area (Å²) in [5.41, 5.74) is 1.85. The summed E-state index contributed by atoms with van der Waals surface area (Å²) in [7, 11) is 0. The number of carbonyl (C=O) groups is 2. The van der Waals surface area contributed by atoms with Gasteiger partial charge in [0.2, 0.25) is 5.91 Å². The highest BCUT2D eigenvalue weighted by atomic mass is 35.5. The lowest BCUT2D eigenvalue weighted by atomic mass is 9.94. The summed E-state index contributed by atoms with van der Waals surface area (Å²) < 4.78 is 6.23. The van der Waals surface area contributed by atoms with Gasteiger partial charge in [0.25, 0.3) is 5.91 Å². The quantitative estimate of drug-likeness (QED) is 0.305. The summed E-state index contributed by atoms with van der Waals surface area (Å²) >= 11 is 12.6. The summed E-state index contributed by atoms with van der Waals surface area (Å²) in [6.45, 7) is 0. The first kappa shape index (κ1) is 21.9. The average molecular weight is 505 g/mol. The molecule has 0 spiro atoms. The normalized spacial score (nSPS) is 21.6. The molecule has 8 heteroatoms. The highest BCUT2D eigenvalue weighted by molar-refractivity contribution is 6.35. The zero-order valence-corrected chi connectivity index (χ0v) is 19.7. The van der Waals surface area contributed by atoms with Crippen LogP contribution in [0.15, 0.2) is 95.4 Å². The van der Waals surface area contributed by atoms with Crippen LogP contribution in [0.3, 0.4) is 0 Å². The molecule has 35 heavy (non-hydrogen) atoms. The molecule has 3 aromatic carbocycles. The number of furan rings is 1. The third-order valence-corrected chi connectivity index (χ3v) is 6.82. The zero-order valence-electron chi connectivity index (χ0n) is 18.2. The maximum Gasteiger partial charge on any atom is 0.266 e. The van der Waals surface area contributed by atoms with Crippen molar-refractivity contribution in [2.75, 3.05) is 9.96 Å². The summed E-state index contributed by atoms with van der Waals surface area (Å²) in [6.07, 6.45) is -0.976. The van der Waals surface area contributed by atoms with E-state index < -0.39 is 24.0 Å². The summed E-state index contributed by atoms with van der Waals surface area (Å²) in [4.78, 5) is 34.3. The minimum Gasteiger partial charge on any atom is -0.459 e. The zero-order chi connectivity index (χ0) is 24.1. The number of benzene rings is 3. The van der Waals surface area contributed by atoms with Crippen molar-refractivity contribution in [1.29, 1.82) is 0 Å². The van der Waals surface area contributed by atoms with E-state index in [-0.39, 0.29) is 5.91 Å². The van der Waals surface area contributed by atoms with Gasteiger partial charge in [-0.3, -0.25) is 14.4 Å². The molecule has 0 N–H and O–H groups in total. The fraction of sp³-hybridized carbons (Fsp3) is 0.111. The average Bonchev–Trinajstić information content (AvgIpc) is 3.57. The number of nitrogens with zero attached hydrogens (tertiary/aromatic N) is 2. The third-order valence-electron chi connectivity index (χ3n) is 6.25. The molecule has 174 valence electrons. The molecule has 2 fully saturated rings. The number of hydrogen-bond acceptors (Lipinski definition) is 5. The van der Waals surface area contributed by atoms with Crippen LogP contribution in [0.4, 0.5) is 11.4 Å². The predicted molar refractivity (Wildman–Crippen MR) is 133 cm³/mol. The monoisotopic (exact) mass is 504 g/mol.